The zero-order valence-corrected chi connectivity index (χ0v) is 11.1. The van der Waals surface area contributed by atoms with Crippen molar-refractivity contribution in [2.75, 3.05) is 13.6 Å². The van der Waals surface area contributed by atoms with Crippen molar-refractivity contribution in [2.45, 2.75) is 12.6 Å². The molecule has 0 saturated carbocycles. The Hall–Kier alpha value is -1.29. The van der Waals surface area contributed by atoms with Crippen LogP contribution in [-0.2, 0) is 6.54 Å². The molecule has 0 aliphatic carbocycles. The van der Waals surface area contributed by atoms with Crippen LogP contribution in [-0.4, -0.2) is 18.5 Å². The molecule has 4 heteroatoms. The monoisotopic (exact) mass is 264 g/mol. The molecule has 0 fully saturated rings. The van der Waals surface area contributed by atoms with Gasteiger partial charge in [-0.2, -0.15) is 0 Å². The number of halogens is 1. The lowest BCUT2D eigenvalue weighted by Gasteiger charge is -2.27. The third kappa shape index (κ3) is 3.13. The Balaban J connectivity index is 2.12. The van der Waals surface area contributed by atoms with E-state index in [4.69, 9.17) is 21.8 Å². The number of nitrogens with zero attached hydrogens (tertiary/aromatic N) is 1. The van der Waals surface area contributed by atoms with Crippen LogP contribution in [0.5, 0.6) is 0 Å². The Kier molecular flexibility index (Phi) is 4.42. The Labute approximate surface area is 112 Å². The molecule has 1 heterocycles. The molecule has 0 saturated heterocycles. The third-order valence-corrected chi connectivity index (χ3v) is 3.24. The fourth-order valence-electron chi connectivity index (χ4n) is 2.07. The van der Waals surface area contributed by atoms with E-state index in [1.54, 1.807) is 12.5 Å². The van der Waals surface area contributed by atoms with E-state index >= 15 is 0 Å². The number of furan rings is 1. The summed E-state index contributed by atoms with van der Waals surface area (Å²) in [4.78, 5) is 2.19. The van der Waals surface area contributed by atoms with E-state index in [2.05, 4.69) is 11.0 Å². The summed E-state index contributed by atoms with van der Waals surface area (Å²) in [6, 6.07) is 9.95. The average Bonchev–Trinajstić information content (AvgIpc) is 2.83. The number of nitrogens with two attached hydrogens (primary N) is 1. The van der Waals surface area contributed by atoms with Crippen LogP contribution in [0.1, 0.15) is 17.2 Å². The van der Waals surface area contributed by atoms with E-state index in [1.807, 2.05) is 31.3 Å². The highest BCUT2D eigenvalue weighted by molar-refractivity contribution is 6.30. The standard InChI is InChI=1S/C14H17ClN2O/c1-17(9-11-5-6-18-10-11)14(8-16)12-3-2-4-13(15)7-12/h2-7,10,14H,8-9,16H2,1H3. The minimum atomic E-state index is 0.151. The molecule has 0 bridgehead atoms. The first kappa shape index (κ1) is 13.1. The highest BCUT2D eigenvalue weighted by Crippen LogP contribution is 2.23. The van der Waals surface area contributed by atoms with Gasteiger partial charge in [0.15, 0.2) is 0 Å². The molecule has 1 aromatic heterocycles. The van der Waals surface area contributed by atoms with Gasteiger partial charge in [-0.25, -0.2) is 0 Å². The van der Waals surface area contributed by atoms with Gasteiger partial charge in [-0.3, -0.25) is 4.90 Å². The van der Waals surface area contributed by atoms with Crippen molar-refractivity contribution in [3.63, 3.8) is 0 Å². The second kappa shape index (κ2) is 6.05. The highest BCUT2D eigenvalue weighted by atomic mass is 35.5. The molecule has 0 amide bonds. The van der Waals surface area contributed by atoms with Crippen LogP contribution < -0.4 is 5.73 Å². The number of likely N-dealkylation sites (N-methyl/N-ethyl adjacent to an activating group) is 1. The Morgan fingerprint density at radius 2 is 2.22 bits per heavy atom. The van der Waals surface area contributed by atoms with Gasteiger partial charge in [0.1, 0.15) is 0 Å². The van der Waals surface area contributed by atoms with Gasteiger partial charge < -0.3 is 10.2 Å². The fraction of sp³-hybridized carbons (Fsp3) is 0.286. The van der Waals surface area contributed by atoms with Crippen molar-refractivity contribution in [3.8, 4) is 0 Å². The SMILES string of the molecule is CN(Cc1ccoc1)C(CN)c1cccc(Cl)c1. The van der Waals surface area contributed by atoms with Gasteiger partial charge in [-0.05, 0) is 30.8 Å². The van der Waals surface area contributed by atoms with Crippen LogP contribution in [0.3, 0.4) is 0 Å². The van der Waals surface area contributed by atoms with Crippen LogP contribution in [0, 0.1) is 0 Å². The number of hydrogen-bond donors (Lipinski definition) is 1. The first-order valence-electron chi connectivity index (χ1n) is 5.87. The summed E-state index contributed by atoms with van der Waals surface area (Å²) in [5.74, 6) is 0. The van der Waals surface area contributed by atoms with Gasteiger partial charge in [-0.15, -0.1) is 0 Å². The van der Waals surface area contributed by atoms with E-state index in [1.165, 1.54) is 0 Å². The van der Waals surface area contributed by atoms with Crippen molar-refractivity contribution < 1.29 is 4.42 Å². The normalized spacial score (nSPS) is 12.9. The lowest BCUT2D eigenvalue weighted by Crippen LogP contribution is -2.30. The van der Waals surface area contributed by atoms with Crippen molar-refractivity contribution in [2.24, 2.45) is 5.73 Å². The lowest BCUT2D eigenvalue weighted by atomic mass is 10.1. The largest absolute Gasteiger partial charge is 0.472 e. The molecular weight excluding hydrogens is 248 g/mol. The lowest BCUT2D eigenvalue weighted by molar-refractivity contribution is 0.241. The fourth-order valence-corrected chi connectivity index (χ4v) is 2.26. The Morgan fingerprint density at radius 3 is 2.83 bits per heavy atom. The highest BCUT2D eigenvalue weighted by Gasteiger charge is 2.16. The molecule has 2 N–H and O–H groups in total. The van der Waals surface area contributed by atoms with E-state index in [0.29, 0.717) is 6.54 Å². The molecular formula is C14H17ClN2O. The molecule has 3 nitrogen and oxygen atoms in total. The van der Waals surface area contributed by atoms with Crippen molar-refractivity contribution in [1.82, 2.24) is 4.90 Å². The topological polar surface area (TPSA) is 42.4 Å². The molecule has 2 rings (SSSR count). The maximum atomic E-state index is 6.02. The first-order valence-corrected chi connectivity index (χ1v) is 6.25. The van der Waals surface area contributed by atoms with Gasteiger partial charge in [0.05, 0.1) is 12.5 Å². The molecule has 1 atom stereocenters. The summed E-state index contributed by atoms with van der Waals surface area (Å²) in [5.41, 5.74) is 8.15. The second-order valence-corrected chi connectivity index (χ2v) is 4.79. The first-order chi connectivity index (χ1) is 8.70. The summed E-state index contributed by atoms with van der Waals surface area (Å²) in [6.07, 6.45) is 3.43. The molecule has 0 radical (unpaired) electrons. The van der Waals surface area contributed by atoms with Crippen LogP contribution in [0.2, 0.25) is 5.02 Å². The summed E-state index contributed by atoms with van der Waals surface area (Å²) in [6.45, 7) is 1.35. The number of rotatable bonds is 5. The quantitative estimate of drug-likeness (QED) is 0.903. The molecule has 2 aromatic rings. The van der Waals surface area contributed by atoms with Gasteiger partial charge in [-0.1, -0.05) is 23.7 Å². The molecule has 0 spiro atoms. The molecule has 1 unspecified atom stereocenters. The average molecular weight is 265 g/mol. The third-order valence-electron chi connectivity index (χ3n) is 3.00. The molecule has 0 aliphatic heterocycles. The van der Waals surface area contributed by atoms with Gasteiger partial charge in [0.25, 0.3) is 0 Å². The zero-order chi connectivity index (χ0) is 13.0. The number of hydrogen-bond acceptors (Lipinski definition) is 3. The van der Waals surface area contributed by atoms with Gasteiger partial charge >= 0.3 is 0 Å². The van der Waals surface area contributed by atoms with Crippen LogP contribution in [0.4, 0.5) is 0 Å². The summed E-state index contributed by atoms with van der Waals surface area (Å²) in [7, 11) is 2.05. The zero-order valence-electron chi connectivity index (χ0n) is 10.3. The van der Waals surface area contributed by atoms with Crippen molar-refractivity contribution in [1.29, 1.82) is 0 Å². The summed E-state index contributed by atoms with van der Waals surface area (Å²) < 4.78 is 5.07. The summed E-state index contributed by atoms with van der Waals surface area (Å²) in [5, 5.41) is 0.739. The van der Waals surface area contributed by atoms with Gasteiger partial charge in [0.2, 0.25) is 0 Å². The molecule has 18 heavy (non-hydrogen) atoms. The minimum absolute atomic E-state index is 0.151. The van der Waals surface area contributed by atoms with E-state index in [9.17, 15) is 0 Å². The number of benzene rings is 1. The van der Waals surface area contributed by atoms with E-state index < -0.39 is 0 Å². The molecule has 0 aliphatic rings. The molecule has 96 valence electrons. The maximum absolute atomic E-state index is 6.02. The Bertz CT molecular complexity index is 484. The van der Waals surface area contributed by atoms with E-state index in [0.717, 1.165) is 22.7 Å². The minimum Gasteiger partial charge on any atom is -0.472 e. The maximum Gasteiger partial charge on any atom is 0.0947 e. The van der Waals surface area contributed by atoms with Crippen LogP contribution in [0.15, 0.2) is 47.3 Å². The Morgan fingerprint density at radius 1 is 1.39 bits per heavy atom. The predicted octanol–water partition coefficient (Wildman–Crippen LogP) is 3.06. The molecule has 1 aromatic carbocycles. The van der Waals surface area contributed by atoms with E-state index in [-0.39, 0.29) is 6.04 Å². The van der Waals surface area contributed by atoms with Crippen molar-refractivity contribution in [3.05, 3.63) is 59.0 Å². The predicted molar refractivity (Wildman–Crippen MR) is 73.4 cm³/mol. The smallest absolute Gasteiger partial charge is 0.0947 e. The summed E-state index contributed by atoms with van der Waals surface area (Å²) >= 11 is 6.02. The van der Waals surface area contributed by atoms with Crippen molar-refractivity contribution >= 4 is 11.6 Å². The van der Waals surface area contributed by atoms with Crippen LogP contribution in [0.25, 0.3) is 0 Å². The van der Waals surface area contributed by atoms with Crippen LogP contribution >= 0.6 is 11.6 Å². The second-order valence-electron chi connectivity index (χ2n) is 4.35. The van der Waals surface area contributed by atoms with Gasteiger partial charge in [0, 0.05) is 29.7 Å².